The molecule has 0 rings (SSSR count). The van der Waals surface area contributed by atoms with Gasteiger partial charge in [0.2, 0.25) is 0 Å². The summed E-state index contributed by atoms with van der Waals surface area (Å²) in [5.41, 5.74) is 0. The Balaban J connectivity index is 0. The molecule has 0 unspecified atom stereocenters. The zero-order chi connectivity index (χ0) is 2.71. The molecule has 0 fully saturated rings. The van der Waals surface area contributed by atoms with Crippen molar-refractivity contribution in [2.45, 2.75) is 0 Å². The molecule has 22 valence electrons. The molecule has 0 aromatic heterocycles. The van der Waals surface area contributed by atoms with Gasteiger partial charge in [-0.15, -0.1) is 0 Å². The van der Waals surface area contributed by atoms with E-state index in [-0.39, 0.29) is 23.5 Å². The molecule has 0 aromatic rings. The molecule has 4 heavy (non-hydrogen) atoms. The maximum atomic E-state index is 8.12. The summed E-state index contributed by atoms with van der Waals surface area (Å²) in [4.78, 5) is 16.2. The van der Waals surface area contributed by atoms with Gasteiger partial charge in [0, 0.05) is 0 Å². The van der Waals surface area contributed by atoms with Crippen LogP contribution < -0.4 is 0 Å². The summed E-state index contributed by atoms with van der Waals surface area (Å²) in [5.74, 6) is 0. The molecule has 0 aliphatic rings. The fourth-order valence-electron chi connectivity index (χ4n) is 0. The van der Waals surface area contributed by atoms with Gasteiger partial charge in [0.1, 0.15) is 0 Å². The summed E-state index contributed by atoms with van der Waals surface area (Å²) in [6.07, 6.45) is 0.250. The van der Waals surface area contributed by atoms with Gasteiger partial charge in [0.05, 0.1) is 0 Å². The first-order valence-electron chi connectivity index (χ1n) is 0.408. The van der Waals surface area contributed by atoms with Crippen LogP contribution in [0.15, 0.2) is 0 Å². The molecule has 0 aliphatic heterocycles. The Bertz CT molecular complexity index is 27.0. The largest absolute Gasteiger partial charge is 0.373 e. The van der Waals surface area contributed by atoms with Crippen molar-refractivity contribution in [3.63, 3.8) is 0 Å². The van der Waals surface area contributed by atoms with Gasteiger partial charge in [-0.2, -0.15) is 9.59 Å². The maximum Gasteiger partial charge on any atom is 0.373 e. The highest BCUT2D eigenvalue weighted by molar-refractivity contribution is 5.75. The topological polar surface area (TPSA) is 34.1 Å². The van der Waals surface area contributed by atoms with Gasteiger partial charge in [-0.05, 0) is 0 Å². The zero-order valence-corrected chi connectivity index (χ0v) is 1.32. The minimum absolute atomic E-state index is 0. The Kier molecular flexibility index (Phi) is 29.0. The molecule has 0 amide bonds. The van der Waals surface area contributed by atoms with Gasteiger partial charge in [-0.25, -0.2) is 0 Å². The van der Waals surface area contributed by atoms with Gasteiger partial charge in [0.25, 0.3) is 0 Å². The van der Waals surface area contributed by atoms with Gasteiger partial charge in [-0.1, -0.05) is 0 Å². The Hall–Kier alpha value is -0.0875. The highest BCUT2D eigenvalue weighted by atomic mass is 27.0. The van der Waals surface area contributed by atoms with E-state index in [4.69, 9.17) is 9.59 Å². The molecule has 0 heterocycles. The third-order valence-electron chi connectivity index (χ3n) is 0. The number of hydrogen-bond donors (Lipinski definition) is 0. The normalized spacial score (nSPS) is 2.00. The van der Waals surface area contributed by atoms with Crippen molar-refractivity contribution >= 4 is 23.5 Å². The molecular formula is CH3AlO2. The van der Waals surface area contributed by atoms with Crippen LogP contribution in [0, 0.1) is 0 Å². The minimum Gasteiger partial charge on any atom is -0.186 e. The lowest BCUT2D eigenvalue weighted by atomic mass is 11.8. The highest BCUT2D eigenvalue weighted by Crippen LogP contribution is 0.787. The van der Waals surface area contributed by atoms with Gasteiger partial charge < -0.3 is 0 Å². The van der Waals surface area contributed by atoms with Crippen LogP contribution in [0.1, 0.15) is 0 Å². The molecule has 0 atom stereocenters. The van der Waals surface area contributed by atoms with Crippen LogP contribution in [0.25, 0.3) is 0 Å². The van der Waals surface area contributed by atoms with Gasteiger partial charge >= 0.3 is 6.15 Å². The van der Waals surface area contributed by atoms with E-state index in [0.29, 0.717) is 0 Å². The molecule has 0 N–H and O–H groups in total. The van der Waals surface area contributed by atoms with Crippen LogP contribution in [0.5, 0.6) is 0 Å². The predicted molar refractivity (Wildman–Crippen MR) is 14.9 cm³/mol. The van der Waals surface area contributed by atoms with Crippen LogP contribution >= 0.6 is 0 Å². The molecule has 3 heteroatoms. The lowest BCUT2D eigenvalue weighted by Crippen LogP contribution is -1.22. The summed E-state index contributed by atoms with van der Waals surface area (Å²) < 4.78 is 0. The number of hydrogen-bond acceptors (Lipinski definition) is 2. The second-order valence-electron chi connectivity index (χ2n) is 0.0833. The summed E-state index contributed by atoms with van der Waals surface area (Å²) in [5, 5.41) is 0. The zero-order valence-electron chi connectivity index (χ0n) is 1.32. The first-order chi connectivity index (χ1) is 1.41. The van der Waals surface area contributed by atoms with Crippen molar-refractivity contribution < 1.29 is 9.59 Å². The van der Waals surface area contributed by atoms with E-state index >= 15 is 0 Å². The quantitative estimate of drug-likeness (QED) is 0.319. The Labute approximate surface area is 33.9 Å². The van der Waals surface area contributed by atoms with Crippen molar-refractivity contribution in [2.24, 2.45) is 0 Å². The van der Waals surface area contributed by atoms with Crippen LogP contribution in [-0.2, 0) is 9.59 Å². The van der Waals surface area contributed by atoms with Crippen LogP contribution in [0.3, 0.4) is 0 Å². The first-order valence-corrected chi connectivity index (χ1v) is 0.408. The van der Waals surface area contributed by atoms with Crippen LogP contribution in [0.4, 0.5) is 0 Å². The van der Waals surface area contributed by atoms with E-state index in [0.717, 1.165) is 0 Å². The molecule has 0 spiro atoms. The molecule has 0 saturated carbocycles. The first kappa shape index (κ1) is 9.07. The van der Waals surface area contributed by atoms with Gasteiger partial charge in [0.15, 0.2) is 17.4 Å². The van der Waals surface area contributed by atoms with Crippen molar-refractivity contribution in [1.29, 1.82) is 0 Å². The second kappa shape index (κ2) is 12.8. The number of rotatable bonds is 0. The molecule has 2 nitrogen and oxygen atoms in total. The van der Waals surface area contributed by atoms with E-state index in [1.807, 2.05) is 0 Å². The van der Waals surface area contributed by atoms with Crippen molar-refractivity contribution in [3.8, 4) is 0 Å². The monoisotopic (exact) mass is 74.0 g/mol. The van der Waals surface area contributed by atoms with Crippen molar-refractivity contribution in [3.05, 3.63) is 0 Å². The average Bonchev–Trinajstić information content (AvgIpc) is 0.918. The second-order valence-corrected chi connectivity index (χ2v) is 0.0833. The minimum atomic E-state index is 0. The van der Waals surface area contributed by atoms with E-state index in [9.17, 15) is 0 Å². The molecule has 0 bridgehead atoms. The summed E-state index contributed by atoms with van der Waals surface area (Å²) >= 11 is 0. The summed E-state index contributed by atoms with van der Waals surface area (Å²) in [7, 11) is 0. The fraction of sp³-hybridized carbons (Fsp3) is 0. The predicted octanol–water partition coefficient (Wildman–Crippen LogP) is -1.77. The van der Waals surface area contributed by atoms with Crippen molar-refractivity contribution in [2.75, 3.05) is 0 Å². The Morgan fingerprint density at radius 1 is 1.25 bits per heavy atom. The smallest absolute Gasteiger partial charge is 0.186 e. The third kappa shape index (κ3) is 208. The SMILES string of the molecule is O=C=O.[AlH3]. The summed E-state index contributed by atoms with van der Waals surface area (Å²) in [6.45, 7) is 0. The van der Waals surface area contributed by atoms with Gasteiger partial charge in [-0.3, -0.25) is 0 Å². The Morgan fingerprint density at radius 3 is 1.25 bits per heavy atom. The molecule has 0 saturated heterocycles. The average molecular weight is 74.0 g/mol. The third-order valence-corrected chi connectivity index (χ3v) is 0. The van der Waals surface area contributed by atoms with Crippen LogP contribution in [0.2, 0.25) is 0 Å². The standard InChI is InChI=1S/CO2.Al.3H/c2-1-3;;;;. The highest BCUT2D eigenvalue weighted by Gasteiger charge is 1.13. The van der Waals surface area contributed by atoms with Crippen LogP contribution in [-0.4, -0.2) is 23.5 Å². The lowest BCUT2D eigenvalue weighted by Gasteiger charge is -0.945. The lowest BCUT2D eigenvalue weighted by molar-refractivity contribution is -0.191. The van der Waals surface area contributed by atoms with E-state index in [1.165, 1.54) is 0 Å². The van der Waals surface area contributed by atoms with E-state index in [1.54, 1.807) is 0 Å². The number of carbonyl (C=O) groups excluding carboxylic acids is 2. The summed E-state index contributed by atoms with van der Waals surface area (Å²) in [6, 6.07) is 0. The Morgan fingerprint density at radius 2 is 1.25 bits per heavy atom. The van der Waals surface area contributed by atoms with E-state index < -0.39 is 0 Å². The molecular weight excluding hydrogens is 71.0 g/mol. The van der Waals surface area contributed by atoms with E-state index in [2.05, 4.69) is 0 Å². The molecule has 0 aromatic carbocycles. The molecule has 0 radical (unpaired) electrons. The fourth-order valence-corrected chi connectivity index (χ4v) is 0. The van der Waals surface area contributed by atoms with Crippen molar-refractivity contribution in [1.82, 2.24) is 0 Å². The maximum absolute atomic E-state index is 8.12. The molecule has 0 aliphatic carbocycles.